The van der Waals surface area contributed by atoms with E-state index >= 15 is 0 Å². The molecule has 3 aliphatic rings. The van der Waals surface area contributed by atoms with Crippen molar-refractivity contribution in [3.05, 3.63) is 272 Å². The van der Waals surface area contributed by atoms with E-state index in [0.717, 1.165) is 109 Å². The van der Waals surface area contributed by atoms with E-state index in [1.807, 2.05) is 42.5 Å². The van der Waals surface area contributed by atoms with Crippen LogP contribution in [0, 0.1) is 5.92 Å². The molecule has 0 amide bonds. The van der Waals surface area contributed by atoms with Gasteiger partial charge in [-0.25, -0.2) is 29.9 Å². The van der Waals surface area contributed by atoms with Crippen LogP contribution in [-0.4, -0.2) is 31.6 Å². The highest BCUT2D eigenvalue weighted by atomic mass is 15.3. The molecular weight excluding hydrogens is 931 g/mol. The molecule has 2 atom stereocenters. The lowest BCUT2D eigenvalue weighted by Gasteiger charge is -2.34. The summed E-state index contributed by atoms with van der Waals surface area (Å²) in [4.78, 5) is 39.6. The summed E-state index contributed by atoms with van der Waals surface area (Å²) < 4.78 is 0. The summed E-state index contributed by atoms with van der Waals surface area (Å²) >= 11 is 0. The third kappa shape index (κ3) is 9.04. The van der Waals surface area contributed by atoms with Crippen molar-refractivity contribution in [3.63, 3.8) is 0 Å². The minimum absolute atomic E-state index is 0.0279. The fourth-order valence-electron chi connectivity index (χ4n) is 10.4. The van der Waals surface area contributed by atoms with Gasteiger partial charge in [0.25, 0.3) is 0 Å². The summed E-state index contributed by atoms with van der Waals surface area (Å²) in [5, 5.41) is 0. The van der Waals surface area contributed by atoms with Crippen LogP contribution >= 0.6 is 0 Å². The Kier molecular flexibility index (Phi) is 12.2. The Hall–Kier alpha value is -9.86. The first-order chi connectivity index (χ1) is 37.6. The van der Waals surface area contributed by atoms with E-state index in [2.05, 4.69) is 234 Å². The van der Waals surface area contributed by atoms with Crippen LogP contribution in [0.5, 0.6) is 0 Å². The van der Waals surface area contributed by atoms with Crippen LogP contribution in [0.1, 0.15) is 42.6 Å². The van der Waals surface area contributed by atoms with Gasteiger partial charge < -0.3 is 0 Å². The normalized spacial score (nSPS) is 16.0. The highest BCUT2D eigenvalue weighted by Crippen LogP contribution is 2.45. The van der Waals surface area contributed by atoms with E-state index in [9.17, 15) is 0 Å². The van der Waals surface area contributed by atoms with Gasteiger partial charge in [0.2, 0.25) is 17.9 Å². The maximum absolute atomic E-state index is 5.65. The fourth-order valence-corrected chi connectivity index (χ4v) is 10.4. The highest BCUT2D eigenvalue weighted by molar-refractivity contribution is 6.16. The van der Waals surface area contributed by atoms with Crippen molar-refractivity contribution in [1.82, 2.24) is 19.9 Å². The zero-order chi connectivity index (χ0) is 50.8. The number of aliphatic imine (C=N–C) groups is 2. The molecule has 13 rings (SSSR count). The molecule has 0 saturated carbocycles. The van der Waals surface area contributed by atoms with Crippen molar-refractivity contribution in [2.45, 2.75) is 25.8 Å². The number of anilines is 8. The van der Waals surface area contributed by atoms with Crippen LogP contribution in [0.25, 0.3) is 39.3 Å². The summed E-state index contributed by atoms with van der Waals surface area (Å²) in [5.41, 5.74) is 15.5. The number of benzene rings is 8. The van der Waals surface area contributed by atoms with Gasteiger partial charge >= 0.3 is 0 Å². The molecule has 76 heavy (non-hydrogen) atoms. The van der Waals surface area contributed by atoms with Crippen LogP contribution in [0.2, 0.25) is 0 Å². The molecule has 0 N–H and O–H groups in total. The van der Waals surface area contributed by atoms with Gasteiger partial charge in [-0.3, -0.25) is 14.7 Å². The van der Waals surface area contributed by atoms with Crippen molar-refractivity contribution < 1.29 is 0 Å². The average Bonchev–Trinajstić information content (AvgIpc) is 3.49. The van der Waals surface area contributed by atoms with E-state index in [0.29, 0.717) is 17.9 Å². The molecule has 1 aliphatic carbocycles. The topological polar surface area (TPSA) is 86.0 Å². The molecule has 2 unspecified atom stereocenters. The number of hydrogen-bond acceptors (Lipinski definition) is 9. The third-order valence-electron chi connectivity index (χ3n) is 14.2. The Morgan fingerprint density at radius 1 is 0.382 bits per heavy atom. The molecule has 10 aromatic rings. The van der Waals surface area contributed by atoms with Crippen molar-refractivity contribution in [2.24, 2.45) is 15.9 Å². The van der Waals surface area contributed by atoms with Gasteiger partial charge in [0.05, 0.1) is 68.7 Å². The number of guanidine groups is 1. The van der Waals surface area contributed by atoms with Crippen LogP contribution in [0.4, 0.5) is 46.0 Å². The third-order valence-corrected chi connectivity index (χ3v) is 14.2. The number of fused-ring (bicyclic) bond motifs is 6. The summed E-state index contributed by atoms with van der Waals surface area (Å²) in [6.07, 6.45) is 8.60. The molecule has 8 aromatic carbocycles. The van der Waals surface area contributed by atoms with Crippen LogP contribution < -0.4 is 14.7 Å². The zero-order valence-corrected chi connectivity index (χ0v) is 41.8. The van der Waals surface area contributed by atoms with E-state index in [1.54, 1.807) is 0 Å². The molecule has 0 spiro atoms. The summed E-state index contributed by atoms with van der Waals surface area (Å²) in [7, 11) is 0. The number of nitrogens with zero attached hydrogens (tertiary/aromatic N) is 9. The number of aromatic nitrogens is 4. The molecule has 0 radical (unpaired) electrons. The molecule has 9 nitrogen and oxygen atoms in total. The molecule has 0 fully saturated rings. The highest BCUT2D eigenvalue weighted by Gasteiger charge is 2.33. The lowest BCUT2D eigenvalue weighted by atomic mass is 9.87. The average molecular weight is 982 g/mol. The Bertz CT molecular complexity index is 3800. The second-order valence-electron chi connectivity index (χ2n) is 19.1. The molecule has 6 bridgehead atoms. The lowest BCUT2D eigenvalue weighted by Crippen LogP contribution is -2.33. The molecule has 4 heterocycles. The van der Waals surface area contributed by atoms with Crippen molar-refractivity contribution in [1.29, 1.82) is 0 Å². The van der Waals surface area contributed by atoms with Gasteiger partial charge in [-0.2, -0.15) is 0 Å². The monoisotopic (exact) mass is 981 g/mol. The van der Waals surface area contributed by atoms with Crippen LogP contribution in [-0.2, 0) is 0 Å². The predicted octanol–water partition coefficient (Wildman–Crippen LogP) is 16.6. The van der Waals surface area contributed by atoms with E-state index in [-0.39, 0.29) is 12.0 Å². The summed E-state index contributed by atoms with van der Waals surface area (Å²) in [6.45, 7) is 2.23. The quantitative estimate of drug-likeness (QED) is 0.150. The van der Waals surface area contributed by atoms with Gasteiger partial charge in [-0.15, -0.1) is 0 Å². The van der Waals surface area contributed by atoms with Crippen LogP contribution in [0.15, 0.2) is 265 Å². The molecule has 2 aromatic heterocycles. The number of rotatable bonds is 8. The fraction of sp³-hybridized carbons (Fsp3) is 0.0746. The van der Waals surface area contributed by atoms with Gasteiger partial charge in [0.15, 0.2) is 0 Å². The lowest BCUT2D eigenvalue weighted by molar-refractivity contribution is 0.590. The summed E-state index contributed by atoms with van der Waals surface area (Å²) in [5.74, 6) is 1.55. The molecular formula is C67H51N9. The van der Waals surface area contributed by atoms with Crippen molar-refractivity contribution in [2.75, 3.05) is 14.7 Å². The smallest absolute Gasteiger partial charge is 0.235 e. The number of allylic oxidation sites excluding steroid dienone is 4. The van der Waals surface area contributed by atoms with Crippen molar-refractivity contribution >= 4 is 63.3 Å². The molecule has 2 aliphatic heterocycles. The Balaban J connectivity index is 1.09. The van der Waals surface area contributed by atoms with E-state index < -0.39 is 0 Å². The Morgan fingerprint density at radius 3 is 1.21 bits per heavy atom. The van der Waals surface area contributed by atoms with E-state index in [1.165, 1.54) is 0 Å². The van der Waals surface area contributed by atoms with Gasteiger partial charge in [0.1, 0.15) is 0 Å². The molecule has 0 saturated heterocycles. The van der Waals surface area contributed by atoms with Crippen molar-refractivity contribution in [3.8, 4) is 33.8 Å². The molecule has 364 valence electrons. The Morgan fingerprint density at radius 2 is 0.776 bits per heavy atom. The second-order valence-corrected chi connectivity index (χ2v) is 19.1. The van der Waals surface area contributed by atoms with E-state index in [4.69, 9.17) is 29.9 Å². The predicted molar refractivity (Wildman–Crippen MR) is 311 cm³/mol. The minimum Gasteiger partial charge on any atom is -0.279 e. The first-order valence-electron chi connectivity index (χ1n) is 25.9. The van der Waals surface area contributed by atoms with Crippen LogP contribution in [0.3, 0.4) is 0 Å². The first-order valence-corrected chi connectivity index (χ1v) is 25.9. The minimum atomic E-state index is -0.231. The van der Waals surface area contributed by atoms with Gasteiger partial charge in [-0.1, -0.05) is 195 Å². The second kappa shape index (κ2) is 20.2. The SMILES string of the molecule is CC1C(c2ccccc2)=NC(N2c3cccc(c3)N(c3nc(C4=CCCC=C4)cc(-c4ccccc4)n3)c3cccc(c3)N(c3nc(-c4ccccc4)cc(-c4ccccc4)n3)c3cccc2c3)=NC1c1ccccc1. The standard InChI is InChI=1S/C67H51N9/c1-46-63(51-31-16-6-17-32-51)72-67(73-64(46)52-33-18-7-19-34-52)76-57-39-21-37-55(42-57)74(65-68-59(47-23-8-2-9-24-47)44-60(69-65)48-25-10-3-11-26-48)53-35-20-36-54(41-53)75(56-38-22-40-58(76)43-56)66-70-61(49-27-12-4-13-28-49)45-62(71-66)50-29-14-5-15-30-50/h2-4,6-14,16-46,63H,5,15H2,1H3. The largest absolute Gasteiger partial charge is 0.279 e. The zero-order valence-electron chi connectivity index (χ0n) is 41.8. The maximum Gasteiger partial charge on any atom is 0.235 e. The maximum atomic E-state index is 5.65. The van der Waals surface area contributed by atoms with Gasteiger partial charge in [-0.05, 0) is 96.3 Å². The first kappa shape index (κ1) is 46.0. The summed E-state index contributed by atoms with van der Waals surface area (Å²) in [6, 6.07) is 81.6. The number of hydrogen-bond donors (Lipinski definition) is 0. The van der Waals surface area contributed by atoms with Gasteiger partial charge in [0, 0.05) is 22.6 Å². The molecule has 9 heteroatoms. The Labute approximate surface area is 443 Å².